The molecule has 0 fully saturated rings. The lowest BCUT2D eigenvalue weighted by molar-refractivity contribution is 0.191. The molecule has 4 nitrogen and oxygen atoms in total. The molecular formula is C5H14O4S. The Balaban J connectivity index is 0. The molecule has 0 aromatic rings. The quantitative estimate of drug-likeness (QED) is 0.554. The first-order valence-electron chi connectivity index (χ1n) is 2.88. The van der Waals surface area contributed by atoms with Crippen molar-refractivity contribution in [3.05, 3.63) is 0 Å². The second-order valence-electron chi connectivity index (χ2n) is 1.99. The molecule has 0 aromatic carbocycles. The van der Waals surface area contributed by atoms with Gasteiger partial charge in [-0.1, -0.05) is 6.92 Å². The molecule has 0 rings (SSSR count). The maximum Gasteiger partial charge on any atom is 0.261 e. The summed E-state index contributed by atoms with van der Waals surface area (Å²) in [5.74, 6) is 0. The SMILES string of the molecule is CCC(C)O.CS(=O)(=O)O. The second-order valence-corrected chi connectivity index (χ2v) is 3.46. The zero-order valence-electron chi connectivity index (χ0n) is 6.40. The van der Waals surface area contributed by atoms with Gasteiger partial charge in [0.2, 0.25) is 0 Å². The van der Waals surface area contributed by atoms with E-state index in [1.54, 1.807) is 6.92 Å². The Bertz CT molecular complexity index is 139. The molecule has 0 aliphatic carbocycles. The Morgan fingerprint density at radius 3 is 1.60 bits per heavy atom. The van der Waals surface area contributed by atoms with Crippen LogP contribution in [0.5, 0.6) is 0 Å². The van der Waals surface area contributed by atoms with Crippen LogP contribution in [0.2, 0.25) is 0 Å². The van der Waals surface area contributed by atoms with Crippen molar-refractivity contribution >= 4 is 10.1 Å². The van der Waals surface area contributed by atoms with Crippen molar-refractivity contribution in [2.24, 2.45) is 0 Å². The Morgan fingerprint density at radius 1 is 1.50 bits per heavy atom. The average Bonchev–Trinajstić information content (AvgIpc) is 1.61. The number of hydrogen-bond donors (Lipinski definition) is 2. The molecule has 0 aliphatic heterocycles. The summed E-state index contributed by atoms with van der Waals surface area (Å²) in [4.78, 5) is 0. The van der Waals surface area contributed by atoms with Crippen LogP contribution < -0.4 is 0 Å². The molecule has 0 radical (unpaired) electrons. The van der Waals surface area contributed by atoms with Crippen molar-refractivity contribution in [3.8, 4) is 0 Å². The van der Waals surface area contributed by atoms with E-state index in [-0.39, 0.29) is 6.10 Å². The van der Waals surface area contributed by atoms with Crippen molar-refractivity contribution < 1.29 is 18.1 Å². The van der Waals surface area contributed by atoms with E-state index in [1.807, 2.05) is 6.92 Å². The van der Waals surface area contributed by atoms with Gasteiger partial charge in [-0.2, -0.15) is 8.42 Å². The smallest absolute Gasteiger partial charge is 0.261 e. The van der Waals surface area contributed by atoms with Crippen molar-refractivity contribution in [3.63, 3.8) is 0 Å². The molecule has 64 valence electrons. The first-order valence-corrected chi connectivity index (χ1v) is 4.72. The summed E-state index contributed by atoms with van der Waals surface area (Å²) in [6, 6.07) is 0. The van der Waals surface area contributed by atoms with Gasteiger partial charge in [-0.15, -0.1) is 0 Å². The summed E-state index contributed by atoms with van der Waals surface area (Å²) in [7, 11) is -3.67. The molecule has 0 heterocycles. The summed E-state index contributed by atoms with van der Waals surface area (Å²) in [6.07, 6.45) is 1.46. The second kappa shape index (κ2) is 5.64. The summed E-state index contributed by atoms with van der Waals surface area (Å²) < 4.78 is 25.9. The number of aliphatic hydroxyl groups is 1. The van der Waals surface area contributed by atoms with Crippen LogP contribution in [0.15, 0.2) is 0 Å². The van der Waals surface area contributed by atoms with Crippen molar-refractivity contribution in [2.45, 2.75) is 26.4 Å². The van der Waals surface area contributed by atoms with E-state index in [4.69, 9.17) is 9.66 Å². The lowest BCUT2D eigenvalue weighted by atomic mass is 10.3. The van der Waals surface area contributed by atoms with Gasteiger partial charge >= 0.3 is 0 Å². The molecular weight excluding hydrogens is 156 g/mol. The Morgan fingerprint density at radius 2 is 1.60 bits per heavy atom. The zero-order chi connectivity index (χ0) is 8.78. The summed E-state index contributed by atoms with van der Waals surface area (Å²) >= 11 is 0. The Kier molecular flexibility index (Phi) is 7.07. The third-order valence-electron chi connectivity index (χ3n) is 0.591. The normalized spacial score (nSPS) is 13.3. The molecule has 0 bridgehead atoms. The average molecular weight is 170 g/mol. The van der Waals surface area contributed by atoms with Gasteiger partial charge in [0.25, 0.3) is 10.1 Å². The van der Waals surface area contributed by atoms with E-state index < -0.39 is 10.1 Å². The van der Waals surface area contributed by atoms with Crippen molar-refractivity contribution in [1.29, 1.82) is 0 Å². The minimum atomic E-state index is -3.67. The fraction of sp³-hybridized carbons (Fsp3) is 1.00. The van der Waals surface area contributed by atoms with E-state index in [0.29, 0.717) is 6.26 Å². The van der Waals surface area contributed by atoms with Crippen LogP contribution in [-0.4, -0.2) is 30.4 Å². The van der Waals surface area contributed by atoms with Gasteiger partial charge in [0.05, 0.1) is 12.4 Å². The molecule has 1 atom stereocenters. The van der Waals surface area contributed by atoms with Gasteiger partial charge in [0, 0.05) is 0 Å². The number of aliphatic hydroxyl groups excluding tert-OH is 1. The Labute approximate surface area is 61.6 Å². The summed E-state index contributed by atoms with van der Waals surface area (Å²) in [5.41, 5.74) is 0. The Hall–Kier alpha value is -0.130. The number of rotatable bonds is 1. The summed E-state index contributed by atoms with van der Waals surface area (Å²) in [5, 5.41) is 8.36. The van der Waals surface area contributed by atoms with Crippen LogP contribution in [0.4, 0.5) is 0 Å². The third-order valence-corrected chi connectivity index (χ3v) is 0.591. The first-order chi connectivity index (χ1) is 4.27. The molecule has 10 heavy (non-hydrogen) atoms. The van der Waals surface area contributed by atoms with Gasteiger partial charge in [-0.25, -0.2) is 0 Å². The highest BCUT2D eigenvalue weighted by Gasteiger charge is 1.82. The molecule has 2 N–H and O–H groups in total. The maximum absolute atomic E-state index is 9.19. The zero-order valence-corrected chi connectivity index (χ0v) is 7.22. The van der Waals surface area contributed by atoms with E-state index in [9.17, 15) is 8.42 Å². The molecule has 0 saturated heterocycles. The van der Waals surface area contributed by atoms with Crippen LogP contribution >= 0.6 is 0 Å². The van der Waals surface area contributed by atoms with Crippen LogP contribution in [0.3, 0.4) is 0 Å². The standard InChI is InChI=1S/C4H10O.CH4O3S/c1-3-4(2)5;1-5(2,3)4/h4-5H,3H2,1-2H3;1H3,(H,2,3,4). The maximum atomic E-state index is 9.19. The van der Waals surface area contributed by atoms with Crippen molar-refractivity contribution in [2.75, 3.05) is 6.26 Å². The molecule has 0 amide bonds. The van der Waals surface area contributed by atoms with Gasteiger partial charge in [0.15, 0.2) is 0 Å². The third kappa shape index (κ3) is 106. The van der Waals surface area contributed by atoms with Crippen LogP contribution in [0, 0.1) is 0 Å². The molecule has 1 unspecified atom stereocenters. The monoisotopic (exact) mass is 170 g/mol. The number of hydrogen-bond acceptors (Lipinski definition) is 3. The topological polar surface area (TPSA) is 74.6 Å². The van der Waals surface area contributed by atoms with E-state index >= 15 is 0 Å². The minimum Gasteiger partial charge on any atom is -0.393 e. The minimum absolute atomic E-state index is 0.116. The molecule has 0 saturated carbocycles. The van der Waals surface area contributed by atoms with Gasteiger partial charge in [-0.3, -0.25) is 4.55 Å². The molecule has 0 spiro atoms. The van der Waals surface area contributed by atoms with Crippen LogP contribution in [0.1, 0.15) is 20.3 Å². The summed E-state index contributed by atoms with van der Waals surface area (Å²) in [6.45, 7) is 3.73. The van der Waals surface area contributed by atoms with E-state index in [1.165, 1.54) is 0 Å². The lowest BCUT2D eigenvalue weighted by Gasteiger charge is -1.90. The highest BCUT2D eigenvalue weighted by Crippen LogP contribution is 1.81. The van der Waals surface area contributed by atoms with Gasteiger partial charge < -0.3 is 5.11 Å². The van der Waals surface area contributed by atoms with Crippen molar-refractivity contribution in [1.82, 2.24) is 0 Å². The molecule has 0 aliphatic rings. The van der Waals surface area contributed by atoms with Gasteiger partial charge in [0.1, 0.15) is 0 Å². The van der Waals surface area contributed by atoms with Crippen LogP contribution in [0.25, 0.3) is 0 Å². The predicted octanol–water partition coefficient (Wildman–Crippen LogP) is 0.281. The fourth-order valence-electron chi connectivity index (χ4n) is 0. The first kappa shape index (κ1) is 12.5. The van der Waals surface area contributed by atoms with Crippen LogP contribution in [-0.2, 0) is 10.1 Å². The predicted molar refractivity (Wildman–Crippen MR) is 39.4 cm³/mol. The van der Waals surface area contributed by atoms with Gasteiger partial charge in [-0.05, 0) is 13.3 Å². The van der Waals surface area contributed by atoms with E-state index in [0.717, 1.165) is 6.42 Å². The molecule has 0 aromatic heterocycles. The highest BCUT2D eigenvalue weighted by molar-refractivity contribution is 7.85. The van der Waals surface area contributed by atoms with E-state index in [2.05, 4.69) is 0 Å². The fourth-order valence-corrected chi connectivity index (χ4v) is 0. The largest absolute Gasteiger partial charge is 0.393 e. The lowest BCUT2D eigenvalue weighted by Crippen LogP contribution is -1.93. The highest BCUT2D eigenvalue weighted by atomic mass is 32.2. The molecule has 5 heteroatoms.